The third kappa shape index (κ3) is 6.94. The van der Waals surface area contributed by atoms with Gasteiger partial charge in [0.25, 0.3) is 0 Å². The van der Waals surface area contributed by atoms with Crippen LogP contribution in [0, 0.1) is 28.8 Å². The molecule has 2 aromatic rings. The number of carbonyl (C=O) groups excluding carboxylic acids is 1. The van der Waals surface area contributed by atoms with Crippen molar-refractivity contribution in [3.63, 3.8) is 0 Å². The summed E-state index contributed by atoms with van der Waals surface area (Å²) in [5, 5.41) is 11.3. The largest absolute Gasteiger partial charge is 0.494 e. The maximum Gasteiger partial charge on any atom is 0.234 e. The van der Waals surface area contributed by atoms with Gasteiger partial charge >= 0.3 is 0 Å². The quantitative estimate of drug-likeness (QED) is 0.547. The number of morpholine rings is 2. The maximum atomic E-state index is 14.0. The Bertz CT molecular complexity index is 1040. The summed E-state index contributed by atoms with van der Waals surface area (Å²) in [6.07, 6.45) is 0.772. The normalized spacial score (nSPS) is 20.3. The Morgan fingerprint density at radius 3 is 2.31 bits per heavy atom. The molecule has 2 heterocycles. The second kappa shape index (κ2) is 11.5. The summed E-state index contributed by atoms with van der Waals surface area (Å²) in [4.78, 5) is 16.7. The van der Waals surface area contributed by atoms with E-state index in [0.717, 1.165) is 38.2 Å². The minimum absolute atomic E-state index is 0.0262. The monoisotopic (exact) mass is 488 g/mol. The van der Waals surface area contributed by atoms with Crippen LogP contribution in [0.4, 0.5) is 13.2 Å². The molecule has 2 unspecified atom stereocenters. The average Bonchev–Trinajstić information content (AvgIpc) is 2.81. The zero-order valence-electron chi connectivity index (χ0n) is 19.2. The highest BCUT2D eigenvalue weighted by atomic mass is 19.1. The lowest BCUT2D eigenvalue weighted by atomic mass is 10.1. The first-order chi connectivity index (χ1) is 16.9. The van der Waals surface area contributed by atoms with Crippen LogP contribution in [-0.2, 0) is 16.1 Å². The van der Waals surface area contributed by atoms with Crippen LogP contribution >= 0.6 is 0 Å². The highest BCUT2D eigenvalue weighted by Crippen LogP contribution is 2.20. The van der Waals surface area contributed by atoms with Crippen LogP contribution < -0.4 is 10.1 Å². The number of rotatable bonds is 9. The van der Waals surface area contributed by atoms with Crippen LogP contribution in [0.1, 0.15) is 17.5 Å². The Balaban J connectivity index is 1.17. The number of carbonyl (C=O) groups is 1. The van der Waals surface area contributed by atoms with E-state index in [9.17, 15) is 18.0 Å². The lowest BCUT2D eigenvalue weighted by Gasteiger charge is -2.45. The highest BCUT2D eigenvalue weighted by molar-refractivity contribution is 5.78. The molecule has 1 amide bonds. The molecular formula is C25H27F3N4O3. The number of amides is 1. The molecule has 2 saturated heterocycles. The third-order valence-electron chi connectivity index (χ3n) is 6.03. The van der Waals surface area contributed by atoms with E-state index in [-0.39, 0.29) is 48.1 Å². The number of fused-ring (bicyclic) bond motifs is 2. The van der Waals surface area contributed by atoms with Gasteiger partial charge in [0.2, 0.25) is 5.91 Å². The number of benzene rings is 2. The summed E-state index contributed by atoms with van der Waals surface area (Å²) in [6, 6.07) is 9.55. The molecule has 2 aliphatic rings. The van der Waals surface area contributed by atoms with Crippen LogP contribution in [0.25, 0.3) is 0 Å². The fraction of sp³-hybridized carbons (Fsp3) is 0.440. The molecule has 35 heavy (non-hydrogen) atoms. The summed E-state index contributed by atoms with van der Waals surface area (Å²) < 4.78 is 52.7. The van der Waals surface area contributed by atoms with Gasteiger partial charge in [0.15, 0.2) is 0 Å². The SMILES string of the molecule is N#Cc1cc(F)c(CNC(=O)CN2CC3CN(CCCOc4ccc(F)cc4)CC(C2)O3)c(F)c1. The van der Waals surface area contributed by atoms with Crippen LogP contribution in [0.2, 0.25) is 0 Å². The summed E-state index contributed by atoms with van der Waals surface area (Å²) in [5.41, 5.74) is -0.375. The molecule has 1 N–H and O–H groups in total. The third-order valence-corrected chi connectivity index (χ3v) is 6.03. The molecule has 186 valence electrons. The molecule has 4 rings (SSSR count). The number of nitrogens with one attached hydrogen (secondary N) is 1. The van der Waals surface area contributed by atoms with E-state index in [2.05, 4.69) is 10.2 Å². The molecule has 10 heteroatoms. The van der Waals surface area contributed by atoms with Gasteiger partial charge in [-0.25, -0.2) is 13.2 Å². The van der Waals surface area contributed by atoms with Crippen molar-refractivity contribution >= 4 is 5.91 Å². The molecular weight excluding hydrogens is 461 g/mol. The van der Waals surface area contributed by atoms with Gasteiger partial charge in [-0.3, -0.25) is 14.6 Å². The summed E-state index contributed by atoms with van der Waals surface area (Å²) >= 11 is 0. The fourth-order valence-corrected chi connectivity index (χ4v) is 4.46. The van der Waals surface area contributed by atoms with E-state index in [1.54, 1.807) is 18.2 Å². The van der Waals surface area contributed by atoms with Crippen LogP contribution in [0.3, 0.4) is 0 Å². The Kier molecular flexibility index (Phi) is 8.23. The molecule has 2 aliphatic heterocycles. The molecule has 7 nitrogen and oxygen atoms in total. The van der Waals surface area contributed by atoms with Gasteiger partial charge < -0.3 is 14.8 Å². The topological polar surface area (TPSA) is 77.8 Å². The van der Waals surface area contributed by atoms with E-state index in [4.69, 9.17) is 14.7 Å². The molecule has 0 spiro atoms. The second-order valence-corrected chi connectivity index (χ2v) is 8.80. The molecule has 2 aromatic carbocycles. The number of ether oxygens (including phenoxy) is 2. The van der Waals surface area contributed by atoms with Crippen molar-refractivity contribution in [3.8, 4) is 11.8 Å². The fourth-order valence-electron chi connectivity index (χ4n) is 4.46. The van der Waals surface area contributed by atoms with Gasteiger partial charge in [0.1, 0.15) is 23.2 Å². The van der Waals surface area contributed by atoms with Gasteiger partial charge in [-0.2, -0.15) is 5.26 Å². The van der Waals surface area contributed by atoms with Crippen molar-refractivity contribution in [2.45, 2.75) is 25.2 Å². The Labute approximate surface area is 202 Å². The summed E-state index contributed by atoms with van der Waals surface area (Å²) in [6.45, 7) is 3.87. The van der Waals surface area contributed by atoms with Crippen LogP contribution in [0.15, 0.2) is 36.4 Å². The Morgan fingerprint density at radius 1 is 1.06 bits per heavy atom. The van der Waals surface area contributed by atoms with Gasteiger partial charge in [-0.1, -0.05) is 0 Å². The number of halogens is 3. The molecule has 2 bridgehead atoms. The van der Waals surface area contributed by atoms with E-state index >= 15 is 0 Å². The van der Waals surface area contributed by atoms with E-state index in [1.165, 1.54) is 12.1 Å². The highest BCUT2D eigenvalue weighted by Gasteiger charge is 2.35. The summed E-state index contributed by atoms with van der Waals surface area (Å²) in [5.74, 6) is -1.69. The zero-order chi connectivity index (χ0) is 24.8. The minimum Gasteiger partial charge on any atom is -0.494 e. The van der Waals surface area contributed by atoms with Crippen molar-refractivity contribution in [1.82, 2.24) is 15.1 Å². The van der Waals surface area contributed by atoms with Crippen LogP contribution in [-0.4, -0.2) is 73.8 Å². The van der Waals surface area contributed by atoms with Crippen LogP contribution in [0.5, 0.6) is 5.75 Å². The lowest BCUT2D eigenvalue weighted by Crippen LogP contribution is -2.60. The first-order valence-electron chi connectivity index (χ1n) is 11.5. The number of hydrogen-bond donors (Lipinski definition) is 1. The smallest absolute Gasteiger partial charge is 0.234 e. The predicted octanol–water partition coefficient (Wildman–Crippen LogP) is 2.45. The lowest BCUT2D eigenvalue weighted by molar-refractivity contribution is -0.145. The zero-order valence-corrected chi connectivity index (χ0v) is 19.2. The molecule has 0 aromatic heterocycles. The Morgan fingerprint density at radius 2 is 1.69 bits per heavy atom. The maximum absolute atomic E-state index is 14.0. The molecule has 0 aliphatic carbocycles. The van der Waals surface area contributed by atoms with E-state index in [0.29, 0.717) is 25.4 Å². The minimum atomic E-state index is -0.856. The van der Waals surface area contributed by atoms with Crippen molar-refractivity contribution < 1.29 is 27.4 Å². The predicted molar refractivity (Wildman–Crippen MR) is 121 cm³/mol. The van der Waals surface area contributed by atoms with E-state index in [1.807, 2.05) is 4.90 Å². The summed E-state index contributed by atoms with van der Waals surface area (Å²) in [7, 11) is 0. The molecule has 0 saturated carbocycles. The first-order valence-corrected chi connectivity index (χ1v) is 11.5. The molecule has 2 atom stereocenters. The van der Waals surface area contributed by atoms with Crippen molar-refractivity contribution in [3.05, 3.63) is 65.0 Å². The van der Waals surface area contributed by atoms with Gasteiger partial charge in [-0.05, 0) is 42.8 Å². The molecule has 2 fully saturated rings. The first kappa shape index (κ1) is 25.0. The van der Waals surface area contributed by atoms with Gasteiger partial charge in [0, 0.05) is 44.8 Å². The average molecular weight is 489 g/mol. The number of hydrogen-bond acceptors (Lipinski definition) is 6. The van der Waals surface area contributed by atoms with Crippen molar-refractivity contribution in [2.75, 3.05) is 45.9 Å². The van der Waals surface area contributed by atoms with Gasteiger partial charge in [-0.15, -0.1) is 0 Å². The van der Waals surface area contributed by atoms with Gasteiger partial charge in [0.05, 0.1) is 37.0 Å². The van der Waals surface area contributed by atoms with E-state index < -0.39 is 11.6 Å². The van der Waals surface area contributed by atoms with Crippen molar-refractivity contribution in [1.29, 1.82) is 5.26 Å². The number of nitrogens with zero attached hydrogens (tertiary/aromatic N) is 3. The standard InChI is InChI=1S/C25H27F3N4O3/c26-18-2-4-19(5-3-18)34-7-1-6-31-12-20-14-32(15-21(13-31)35-20)16-25(33)30-11-22-23(27)8-17(10-29)9-24(22)28/h2-5,8-9,20-21H,1,6-7,11-16H2,(H,30,33). The van der Waals surface area contributed by atoms with Crippen molar-refractivity contribution in [2.24, 2.45) is 0 Å². The molecule has 0 radical (unpaired) electrons. The Hall–Kier alpha value is -3.13. The number of nitriles is 1. The second-order valence-electron chi connectivity index (χ2n) is 8.80.